The first-order chi connectivity index (χ1) is 20.1. The molecule has 2 saturated heterocycles. The maximum atomic E-state index is 12.2. The summed E-state index contributed by atoms with van der Waals surface area (Å²) in [5.74, 6) is -4.98. The van der Waals surface area contributed by atoms with Gasteiger partial charge < -0.3 is 47.7 Å². The highest BCUT2D eigenvalue weighted by Gasteiger charge is 2.56. The molecule has 0 bridgehead atoms. The molecule has 0 spiro atoms. The molecule has 0 aromatic rings. The monoisotopic (exact) mass is 1040 g/mol. The van der Waals surface area contributed by atoms with E-state index in [4.69, 9.17) is 42.6 Å². The molecule has 2 fully saturated rings. The highest BCUT2D eigenvalue weighted by Crippen LogP contribution is 2.34. The number of aliphatic hydroxyl groups is 1. The Morgan fingerprint density at radius 1 is 0.614 bits per heavy atom. The van der Waals surface area contributed by atoms with Crippen molar-refractivity contribution in [3.8, 4) is 0 Å². The number of carbonyl (C=O) groups is 6. The van der Waals surface area contributed by atoms with E-state index in [0.717, 1.165) is 41.5 Å². The molecule has 4 unspecified atom stereocenters. The van der Waals surface area contributed by atoms with Crippen molar-refractivity contribution < 1.29 is 76.5 Å². The Bertz CT molecular complexity index is 1000. The van der Waals surface area contributed by atoms with Crippen LogP contribution in [0, 0.1) is 0 Å². The minimum Gasteiger partial charge on any atom is -0.463 e. The Labute approximate surface area is 301 Å². The zero-order valence-corrected chi connectivity index (χ0v) is 32.5. The summed E-state index contributed by atoms with van der Waals surface area (Å²) in [6.45, 7) is 5.85. The van der Waals surface area contributed by atoms with Crippen LogP contribution in [0.3, 0.4) is 0 Å². The Balaban J connectivity index is 0.00000603. The van der Waals surface area contributed by atoms with Crippen LogP contribution >= 0.6 is 77.1 Å². The van der Waals surface area contributed by atoms with Gasteiger partial charge in [0, 0.05) is 84.1 Å². The molecule has 2 aliphatic rings. The number of esters is 6. The molecule has 1 N–H and O–H groups in total. The van der Waals surface area contributed by atoms with E-state index in [1.807, 2.05) is 0 Å². The van der Waals surface area contributed by atoms with Crippen LogP contribution in [-0.4, -0.2) is 114 Å². The van der Waals surface area contributed by atoms with Crippen molar-refractivity contribution in [2.45, 2.75) is 103 Å². The number of alkyl halides is 1. The van der Waals surface area contributed by atoms with Crippen LogP contribution in [0.1, 0.15) is 41.5 Å². The van der Waals surface area contributed by atoms with Gasteiger partial charge in [0.15, 0.2) is 24.6 Å². The first-order valence-electron chi connectivity index (χ1n) is 12.5. The van der Waals surface area contributed by atoms with Gasteiger partial charge in [0.25, 0.3) is 0 Å². The van der Waals surface area contributed by atoms with Crippen LogP contribution in [0.25, 0.3) is 0 Å². The number of aliphatic hydroxyl groups excluding tert-OH is 1. The van der Waals surface area contributed by atoms with Crippen LogP contribution in [0.4, 0.5) is 0 Å². The van der Waals surface area contributed by atoms with Gasteiger partial charge in [-0.05, 0) is 0 Å². The zero-order valence-electron chi connectivity index (χ0n) is 24.3. The summed E-state index contributed by atoms with van der Waals surface area (Å²) in [6.07, 6.45) is -14.9. The van der Waals surface area contributed by atoms with Gasteiger partial charge in [-0.1, -0.05) is 15.9 Å². The summed E-state index contributed by atoms with van der Waals surface area (Å²) < 4.78 is 49.2. The lowest BCUT2D eigenvalue weighted by atomic mass is 9.96. The predicted molar refractivity (Wildman–Crippen MR) is 176 cm³/mol. The number of rotatable bonds is 10. The van der Waals surface area contributed by atoms with Crippen molar-refractivity contribution in [3.05, 3.63) is 0 Å². The Morgan fingerprint density at radius 2 is 1.02 bits per heavy atom. The second kappa shape index (κ2) is 21.3. The van der Waals surface area contributed by atoms with Gasteiger partial charge >= 0.3 is 35.8 Å². The lowest BCUT2D eigenvalue weighted by Gasteiger charge is -2.48. The molecule has 0 saturated carbocycles. The summed E-state index contributed by atoms with van der Waals surface area (Å²) in [6, 6.07) is 0. The van der Waals surface area contributed by atoms with Gasteiger partial charge in [-0.2, -0.15) is 0 Å². The molecule has 0 aromatic carbocycles. The maximum absolute atomic E-state index is 12.2. The molecular weight excluding hydrogens is 1000 g/mol. The van der Waals surface area contributed by atoms with E-state index in [-0.39, 0.29) is 29.3 Å². The summed E-state index contributed by atoms with van der Waals surface area (Å²) >= 11 is 7.43. The van der Waals surface area contributed by atoms with E-state index in [1.54, 1.807) is 0 Å². The van der Waals surface area contributed by atoms with Crippen LogP contribution < -0.4 is 0 Å². The van der Waals surface area contributed by atoms with Crippen molar-refractivity contribution in [1.29, 1.82) is 0 Å². The summed E-state index contributed by atoms with van der Waals surface area (Å²) in [5, 5.41) is 10.8. The fourth-order valence-electron chi connectivity index (χ4n) is 4.20. The molecule has 20 heteroatoms. The molecule has 10 atom stereocenters. The zero-order chi connectivity index (χ0) is 33.0. The smallest absolute Gasteiger partial charge is 0.305 e. The minimum absolute atomic E-state index is 0. The Hall–Kier alpha value is -0.670. The minimum atomic E-state index is -1.64. The maximum Gasteiger partial charge on any atom is 0.305 e. The first-order valence-corrected chi connectivity index (χ1v) is 19.9. The van der Waals surface area contributed by atoms with Crippen LogP contribution in [0.5, 0.6) is 0 Å². The van der Waals surface area contributed by atoms with Gasteiger partial charge in [0.1, 0.15) is 31.0 Å². The second-order valence-corrected chi connectivity index (χ2v) is 9.69. The molecule has 0 radical (unpaired) electrons. The molecule has 0 amide bonds. The highest BCUT2D eigenvalue weighted by atomic mass is 128. The summed E-state index contributed by atoms with van der Waals surface area (Å²) in [7, 11) is 0. The van der Waals surface area contributed by atoms with E-state index in [9.17, 15) is 33.9 Å². The lowest BCUT2D eigenvalue weighted by molar-refractivity contribution is -0.354. The van der Waals surface area contributed by atoms with Gasteiger partial charge in [0.2, 0.25) is 12.4 Å². The van der Waals surface area contributed by atoms with Gasteiger partial charge in [0.05, 0.1) is 0 Å². The molecule has 2 aliphatic heterocycles. The van der Waals surface area contributed by atoms with Crippen molar-refractivity contribution in [1.82, 2.24) is 0 Å². The molecule has 2 heterocycles. The number of ether oxygens (including phenoxy) is 9. The Kier molecular flexibility index (Phi) is 20.9. The third kappa shape index (κ3) is 13.6. The van der Waals surface area contributed by atoms with E-state index < -0.39 is 104 Å². The standard InChI is InChI=1S/C24H33BrO16.I2.HI/c1-9(26)33-8-16-18(20(35-11(3)28)22(37-13(5)30)23(40-16)38-14(6)31)41-24-21(36-12(4)29)19(34-10(2)27)17(32)15(7-25)39-24;1-2;/h15-24,32H,7-8H2,1-6H3;;1H/t15?,16?,17-,18-,19+,20+,21?,22?,23-,24-;;/m1../s1. The number of halogens is 4. The lowest BCUT2D eigenvalue weighted by Crippen LogP contribution is -2.66. The van der Waals surface area contributed by atoms with Gasteiger partial charge in [-0.15, -0.1) is 24.0 Å². The normalized spacial score (nSPS) is 31.0. The van der Waals surface area contributed by atoms with Crippen molar-refractivity contribution >= 4 is 113 Å². The van der Waals surface area contributed by atoms with Gasteiger partial charge in [-0.25, -0.2) is 0 Å². The average Bonchev–Trinajstić information content (AvgIpc) is 2.89. The van der Waals surface area contributed by atoms with E-state index >= 15 is 0 Å². The molecule has 0 aromatic heterocycles. The van der Waals surface area contributed by atoms with Crippen molar-refractivity contribution in [2.75, 3.05) is 11.9 Å². The predicted octanol–water partition coefficient (Wildman–Crippen LogP) is 1.82. The topological polar surface area (TPSA) is 206 Å². The summed E-state index contributed by atoms with van der Waals surface area (Å²) in [5.41, 5.74) is 0. The van der Waals surface area contributed by atoms with Crippen molar-refractivity contribution in [3.63, 3.8) is 0 Å². The van der Waals surface area contributed by atoms with Crippen LogP contribution in [0.15, 0.2) is 0 Å². The Morgan fingerprint density at radius 3 is 1.45 bits per heavy atom. The molecule has 254 valence electrons. The number of carbonyl (C=O) groups excluding carboxylic acids is 6. The average molecular weight is 1040 g/mol. The molecule has 44 heavy (non-hydrogen) atoms. The number of hydrogen-bond acceptors (Lipinski definition) is 16. The molecular formula is C24H34BrI3O16. The number of hydrogen-bond donors (Lipinski definition) is 1. The largest absolute Gasteiger partial charge is 0.463 e. The third-order valence-electron chi connectivity index (χ3n) is 5.59. The quantitative estimate of drug-likeness (QED) is 0.143. The second-order valence-electron chi connectivity index (χ2n) is 9.04. The van der Waals surface area contributed by atoms with E-state index in [2.05, 4.69) is 53.2 Å². The van der Waals surface area contributed by atoms with Crippen molar-refractivity contribution in [2.24, 2.45) is 0 Å². The third-order valence-corrected chi connectivity index (χ3v) is 6.23. The summed E-state index contributed by atoms with van der Waals surface area (Å²) in [4.78, 5) is 71.4. The van der Waals surface area contributed by atoms with E-state index in [0.29, 0.717) is 0 Å². The van der Waals surface area contributed by atoms with E-state index in [1.165, 1.54) is 0 Å². The molecule has 0 aliphatic carbocycles. The SMILES string of the molecule is CC(=O)OCC1O[C@@H](OC(C)=O)C(OC(C)=O)[C@@H](OC(C)=O)[C@@H]1O[C@H]1OC(CBr)[C@@H](O)[C@H](OC(C)=O)C1OC(C)=O.I.II. The van der Waals surface area contributed by atoms with Crippen LogP contribution in [0.2, 0.25) is 0 Å². The van der Waals surface area contributed by atoms with Crippen LogP contribution in [-0.2, 0) is 71.4 Å². The molecule has 16 nitrogen and oxygen atoms in total. The first kappa shape index (κ1) is 43.3. The molecule has 2 rings (SSSR count). The van der Waals surface area contributed by atoms with Gasteiger partial charge in [-0.3, -0.25) is 28.8 Å². The fraction of sp³-hybridized carbons (Fsp3) is 0.750. The highest BCUT2D eigenvalue weighted by molar-refractivity contribution is 15.0. The fourth-order valence-corrected chi connectivity index (χ4v) is 4.74.